The van der Waals surface area contributed by atoms with Crippen LogP contribution in [0.2, 0.25) is 0 Å². The van der Waals surface area contributed by atoms with E-state index >= 15 is 0 Å². The minimum absolute atomic E-state index is 0.549. The maximum atomic E-state index is 10.5. The zero-order valence-electron chi connectivity index (χ0n) is 31.8. The largest absolute Gasteiger partial charge is 0.311 e. The van der Waals surface area contributed by atoms with Crippen LogP contribution in [0.3, 0.4) is 0 Å². The molecule has 0 atom stereocenters. The molecule has 3 aromatic heterocycles. The van der Waals surface area contributed by atoms with Crippen molar-refractivity contribution in [3.63, 3.8) is 0 Å². The second-order valence-electron chi connectivity index (χ2n) is 14.3. The lowest BCUT2D eigenvalue weighted by molar-refractivity contribution is 1.03. The molecule has 0 amide bonds. The fraction of sp³-hybridized carbons (Fsp3) is 0.0385. The molecule has 6 nitrogen and oxygen atoms in total. The quantitative estimate of drug-likeness (QED) is 0.152. The summed E-state index contributed by atoms with van der Waals surface area (Å²) in [5.41, 5.74) is 11.0. The molecule has 0 fully saturated rings. The van der Waals surface area contributed by atoms with E-state index in [-0.39, 0.29) is 0 Å². The predicted octanol–water partition coefficient (Wildman–Crippen LogP) is 12.4. The van der Waals surface area contributed by atoms with Crippen LogP contribution in [0.4, 0.5) is 0 Å². The molecule has 0 radical (unpaired) electrons. The molecule has 3 heterocycles. The Morgan fingerprint density at radius 3 is 1.83 bits per heavy atom. The Kier molecular flexibility index (Phi) is 8.44. The lowest BCUT2D eigenvalue weighted by atomic mass is 9.96. The van der Waals surface area contributed by atoms with Gasteiger partial charge in [-0.15, -0.1) is 0 Å². The first-order valence-electron chi connectivity index (χ1n) is 19.2. The molecule has 0 saturated carbocycles. The topological polar surface area (TPSA) is 72.3 Å². The van der Waals surface area contributed by atoms with Crippen LogP contribution < -0.4 is 0 Å². The molecule has 0 unspecified atom stereocenters. The van der Waals surface area contributed by atoms with Gasteiger partial charge in [-0.25, -0.2) is 15.0 Å². The molecule has 10 aromatic rings. The van der Waals surface area contributed by atoms with Crippen molar-refractivity contribution in [2.24, 2.45) is 0 Å². The maximum absolute atomic E-state index is 10.5. The van der Waals surface area contributed by atoms with Crippen molar-refractivity contribution in [2.75, 3.05) is 0 Å². The van der Waals surface area contributed by atoms with Gasteiger partial charge in [0, 0.05) is 49.5 Å². The first kappa shape index (κ1) is 34.4. The maximum Gasteiger partial charge on any atom is 0.164 e. The molecule has 0 saturated heterocycles. The SMILES string of the molecule is C/C(=C(\C=C(/C)c1nc(-c2ccccc2)nc(-c2ccccc2)n1)c1ccccc1C#N)n1c2ccccc2c2ccc3c4ccccc4n(-c4c#cccc4)c3c21. The van der Waals surface area contributed by atoms with Crippen molar-refractivity contribution in [3.05, 3.63) is 199 Å². The summed E-state index contributed by atoms with van der Waals surface area (Å²) in [5, 5.41) is 15.1. The number of nitriles is 1. The Hall–Kier alpha value is -8.06. The average molecular weight is 743 g/mol. The summed E-state index contributed by atoms with van der Waals surface area (Å²) in [7, 11) is 0. The van der Waals surface area contributed by atoms with E-state index in [0.29, 0.717) is 23.0 Å². The first-order valence-corrected chi connectivity index (χ1v) is 19.2. The van der Waals surface area contributed by atoms with Crippen molar-refractivity contribution in [3.8, 4) is 34.5 Å². The van der Waals surface area contributed by atoms with Crippen LogP contribution >= 0.6 is 0 Å². The highest BCUT2D eigenvalue weighted by Crippen LogP contribution is 2.43. The molecule has 0 aliphatic carbocycles. The second kappa shape index (κ2) is 14.2. The first-order chi connectivity index (χ1) is 28.6. The van der Waals surface area contributed by atoms with Crippen molar-refractivity contribution in [1.82, 2.24) is 24.1 Å². The van der Waals surface area contributed by atoms with Crippen LogP contribution in [-0.4, -0.2) is 24.1 Å². The summed E-state index contributed by atoms with van der Waals surface area (Å²) in [6, 6.07) is 64.4. The highest BCUT2D eigenvalue weighted by molar-refractivity contribution is 6.24. The molecule has 0 N–H and O–H groups in total. The normalized spacial score (nSPS) is 12.2. The van der Waals surface area contributed by atoms with Gasteiger partial charge in [0.25, 0.3) is 0 Å². The van der Waals surface area contributed by atoms with Crippen LogP contribution in [0.15, 0.2) is 170 Å². The molecular weight excluding hydrogens is 709 g/mol. The van der Waals surface area contributed by atoms with Gasteiger partial charge >= 0.3 is 0 Å². The molecule has 58 heavy (non-hydrogen) atoms. The Balaban J connectivity index is 1.31. The van der Waals surface area contributed by atoms with E-state index < -0.39 is 0 Å². The van der Waals surface area contributed by atoms with Crippen molar-refractivity contribution in [1.29, 1.82) is 5.26 Å². The van der Waals surface area contributed by atoms with Gasteiger partial charge in [0.1, 0.15) is 0 Å². The number of benzene rings is 6. The molecule has 272 valence electrons. The smallest absolute Gasteiger partial charge is 0.164 e. The summed E-state index contributed by atoms with van der Waals surface area (Å²) in [6.07, 6.45) is 2.13. The lowest BCUT2D eigenvalue weighted by Crippen LogP contribution is -2.03. The molecule has 0 aliphatic rings. The molecule has 7 aromatic carbocycles. The minimum Gasteiger partial charge on any atom is -0.311 e. The van der Waals surface area contributed by atoms with Crippen LogP contribution in [0, 0.1) is 23.5 Å². The number of para-hydroxylation sites is 2. The number of nitrogens with zero attached hydrogens (tertiary/aromatic N) is 6. The molecule has 10 rings (SSSR count). The van der Waals surface area contributed by atoms with Crippen molar-refractivity contribution in [2.45, 2.75) is 13.8 Å². The van der Waals surface area contributed by atoms with E-state index in [2.05, 4.69) is 107 Å². The number of aromatic nitrogens is 5. The third-order valence-corrected chi connectivity index (χ3v) is 10.8. The molecule has 0 spiro atoms. The molecule has 0 bridgehead atoms. The van der Waals surface area contributed by atoms with Gasteiger partial charge in [-0.3, -0.25) is 4.57 Å². The highest BCUT2D eigenvalue weighted by Gasteiger charge is 2.23. The average Bonchev–Trinajstić information content (AvgIpc) is 3.82. The molecule has 6 heteroatoms. The summed E-state index contributed by atoms with van der Waals surface area (Å²) in [4.78, 5) is 15.0. The third-order valence-electron chi connectivity index (χ3n) is 10.8. The van der Waals surface area contributed by atoms with E-state index in [1.54, 1.807) is 0 Å². The van der Waals surface area contributed by atoms with Crippen LogP contribution in [-0.2, 0) is 0 Å². The zero-order chi connectivity index (χ0) is 39.2. The Bertz CT molecular complexity index is 3230. The van der Waals surface area contributed by atoms with Gasteiger partial charge in [0.05, 0.1) is 39.4 Å². The van der Waals surface area contributed by atoms with E-state index in [1.165, 1.54) is 0 Å². The molecular formula is C52H34N6. The highest BCUT2D eigenvalue weighted by atomic mass is 15.1. The Morgan fingerprint density at radius 1 is 0.586 bits per heavy atom. The van der Waals surface area contributed by atoms with Gasteiger partial charge in [0.2, 0.25) is 0 Å². The summed E-state index contributed by atoms with van der Waals surface area (Å²) >= 11 is 0. The summed E-state index contributed by atoms with van der Waals surface area (Å²) in [5.74, 6) is 1.72. The van der Waals surface area contributed by atoms with Crippen molar-refractivity contribution >= 4 is 60.5 Å². The number of hydrogen-bond donors (Lipinski definition) is 0. The van der Waals surface area contributed by atoms with E-state index in [4.69, 9.17) is 15.0 Å². The predicted molar refractivity (Wildman–Crippen MR) is 236 cm³/mol. The standard InChI is InChI=1S/C52H34N6/c1-34(50-54-51(36-18-6-3-7-19-36)56-52(55-50)37-20-8-4-9-21-37)32-45(40-25-13-12-22-38(40)33-53)35(2)57-46-28-16-14-26-41(46)43-30-31-44-42-27-15-17-29-47(42)58(49(44)48(43)57)39-23-10-5-11-24-39/h3-10,12-23,25-32H,1-2H3/b34-32+,45-35-. The monoisotopic (exact) mass is 742 g/mol. The lowest BCUT2D eigenvalue weighted by Gasteiger charge is -2.17. The van der Waals surface area contributed by atoms with Crippen LogP contribution in [0.5, 0.6) is 0 Å². The Labute approximate surface area is 336 Å². The second-order valence-corrected chi connectivity index (χ2v) is 14.3. The Morgan fingerprint density at radius 2 is 1.17 bits per heavy atom. The molecule has 0 aliphatic heterocycles. The van der Waals surface area contributed by atoms with Gasteiger partial charge in [-0.2, -0.15) is 5.26 Å². The number of rotatable bonds is 7. The minimum atomic E-state index is 0.549. The van der Waals surface area contributed by atoms with E-state index in [0.717, 1.165) is 82.8 Å². The zero-order valence-corrected chi connectivity index (χ0v) is 31.8. The van der Waals surface area contributed by atoms with E-state index in [1.807, 2.05) is 104 Å². The van der Waals surface area contributed by atoms with Crippen LogP contribution in [0.25, 0.3) is 88.9 Å². The van der Waals surface area contributed by atoms with Crippen LogP contribution in [0.1, 0.15) is 30.8 Å². The van der Waals surface area contributed by atoms with Gasteiger partial charge in [0.15, 0.2) is 17.5 Å². The van der Waals surface area contributed by atoms with Gasteiger partial charge < -0.3 is 4.57 Å². The fourth-order valence-electron chi connectivity index (χ4n) is 8.15. The van der Waals surface area contributed by atoms with E-state index in [9.17, 15) is 5.26 Å². The van der Waals surface area contributed by atoms with Gasteiger partial charge in [-0.05, 0) is 61.9 Å². The number of hydrogen-bond acceptors (Lipinski definition) is 4. The van der Waals surface area contributed by atoms with Crippen molar-refractivity contribution < 1.29 is 0 Å². The third kappa shape index (κ3) is 5.72. The van der Waals surface area contributed by atoms with Gasteiger partial charge in [-0.1, -0.05) is 140 Å². The number of fused-ring (bicyclic) bond motifs is 7. The summed E-state index contributed by atoms with van der Waals surface area (Å²) in [6.45, 7) is 4.18. The summed E-state index contributed by atoms with van der Waals surface area (Å²) < 4.78 is 4.66. The fourth-order valence-corrected chi connectivity index (χ4v) is 8.15. The number of allylic oxidation sites excluding steroid dienone is 4.